The second-order valence-corrected chi connectivity index (χ2v) is 10.4. The molecule has 3 N–H and O–H groups in total. The summed E-state index contributed by atoms with van der Waals surface area (Å²) in [5.41, 5.74) is 2.11. The lowest BCUT2D eigenvalue weighted by atomic mass is 9.87. The van der Waals surface area contributed by atoms with E-state index in [1.54, 1.807) is 19.2 Å². The van der Waals surface area contributed by atoms with Crippen molar-refractivity contribution in [1.29, 1.82) is 0 Å². The molecule has 0 fully saturated rings. The van der Waals surface area contributed by atoms with Crippen molar-refractivity contribution in [2.45, 2.75) is 37.0 Å². The number of hydrogen-bond acceptors (Lipinski definition) is 4. The van der Waals surface area contributed by atoms with Gasteiger partial charge in [-0.25, -0.2) is 8.42 Å². The predicted molar refractivity (Wildman–Crippen MR) is 138 cm³/mol. The molecule has 0 heterocycles. The number of aliphatic hydroxyl groups excluding tert-OH is 1. The number of sulfone groups is 1. The normalized spacial score (nSPS) is 13.3. The van der Waals surface area contributed by atoms with Gasteiger partial charge in [0.2, 0.25) is 0 Å². The maximum Gasteiger partial charge on any atom is 0.191 e. The SMILES string of the molecule is CN=C(NCCS(=O)(=O)c1ccc(C(C)(C)C)cc1)NCC(CO)c1ccccc1.I. The highest BCUT2D eigenvalue weighted by Gasteiger charge is 2.18. The van der Waals surface area contributed by atoms with Gasteiger partial charge in [0, 0.05) is 26.1 Å². The minimum atomic E-state index is -3.39. The minimum Gasteiger partial charge on any atom is -0.396 e. The Morgan fingerprint density at radius 1 is 1.03 bits per heavy atom. The molecule has 0 aliphatic rings. The number of nitrogens with zero attached hydrogens (tertiary/aromatic N) is 1. The number of benzene rings is 2. The summed E-state index contributed by atoms with van der Waals surface area (Å²) in [6.07, 6.45) is 0. The van der Waals surface area contributed by atoms with Crippen molar-refractivity contribution >= 4 is 39.8 Å². The Morgan fingerprint density at radius 2 is 1.65 bits per heavy atom. The fourth-order valence-electron chi connectivity index (χ4n) is 3.04. The molecule has 0 aliphatic heterocycles. The zero-order valence-corrected chi connectivity index (χ0v) is 21.8. The van der Waals surface area contributed by atoms with E-state index in [1.807, 2.05) is 42.5 Å². The molecular formula is C23H34IN3O3S. The van der Waals surface area contributed by atoms with Gasteiger partial charge in [-0.2, -0.15) is 0 Å². The maximum atomic E-state index is 12.6. The Hall–Kier alpha value is -1.65. The molecule has 0 saturated heterocycles. The summed E-state index contributed by atoms with van der Waals surface area (Å²) in [6.45, 7) is 7.01. The topological polar surface area (TPSA) is 90.8 Å². The van der Waals surface area contributed by atoms with Crippen molar-refractivity contribution in [2.24, 2.45) is 4.99 Å². The zero-order chi connectivity index (χ0) is 22.2. The summed E-state index contributed by atoms with van der Waals surface area (Å²) in [7, 11) is -1.76. The molecule has 0 radical (unpaired) electrons. The van der Waals surface area contributed by atoms with Crippen LogP contribution >= 0.6 is 24.0 Å². The van der Waals surface area contributed by atoms with Crippen LogP contribution in [0.1, 0.15) is 37.8 Å². The maximum absolute atomic E-state index is 12.6. The number of halogens is 1. The van der Waals surface area contributed by atoms with Gasteiger partial charge in [0.25, 0.3) is 0 Å². The van der Waals surface area contributed by atoms with E-state index in [2.05, 4.69) is 36.4 Å². The van der Waals surface area contributed by atoms with Gasteiger partial charge >= 0.3 is 0 Å². The van der Waals surface area contributed by atoms with Gasteiger partial charge in [-0.1, -0.05) is 63.2 Å². The molecule has 31 heavy (non-hydrogen) atoms. The lowest BCUT2D eigenvalue weighted by Gasteiger charge is -2.19. The molecule has 0 aromatic heterocycles. The first-order valence-corrected chi connectivity index (χ1v) is 11.8. The third kappa shape index (κ3) is 8.42. The summed E-state index contributed by atoms with van der Waals surface area (Å²) < 4.78 is 25.3. The summed E-state index contributed by atoms with van der Waals surface area (Å²) in [4.78, 5) is 4.46. The number of guanidine groups is 1. The van der Waals surface area contributed by atoms with E-state index in [9.17, 15) is 13.5 Å². The van der Waals surface area contributed by atoms with Gasteiger partial charge in [-0.3, -0.25) is 4.99 Å². The van der Waals surface area contributed by atoms with Crippen LogP contribution in [-0.4, -0.2) is 52.0 Å². The number of aliphatic hydroxyl groups is 1. The summed E-state index contributed by atoms with van der Waals surface area (Å²) >= 11 is 0. The number of rotatable bonds is 8. The lowest BCUT2D eigenvalue weighted by molar-refractivity contribution is 0.265. The van der Waals surface area contributed by atoms with Crippen LogP contribution in [0, 0.1) is 0 Å². The van der Waals surface area contributed by atoms with Crippen molar-refractivity contribution < 1.29 is 13.5 Å². The highest BCUT2D eigenvalue weighted by Crippen LogP contribution is 2.23. The van der Waals surface area contributed by atoms with Crippen molar-refractivity contribution in [1.82, 2.24) is 10.6 Å². The third-order valence-corrected chi connectivity index (χ3v) is 6.71. The molecule has 0 aliphatic carbocycles. The van der Waals surface area contributed by atoms with Crippen LogP contribution < -0.4 is 10.6 Å². The largest absolute Gasteiger partial charge is 0.396 e. The molecule has 2 aromatic carbocycles. The molecule has 2 aromatic rings. The molecular weight excluding hydrogens is 525 g/mol. The Labute approximate surface area is 203 Å². The van der Waals surface area contributed by atoms with Crippen LogP contribution in [0.15, 0.2) is 64.5 Å². The first-order chi connectivity index (χ1) is 14.2. The molecule has 6 nitrogen and oxygen atoms in total. The fourth-order valence-corrected chi connectivity index (χ4v) is 4.19. The molecule has 1 atom stereocenters. The van der Waals surface area contributed by atoms with E-state index in [1.165, 1.54) is 0 Å². The van der Waals surface area contributed by atoms with E-state index < -0.39 is 9.84 Å². The smallest absolute Gasteiger partial charge is 0.191 e. The van der Waals surface area contributed by atoms with Gasteiger partial charge in [0.1, 0.15) is 0 Å². The number of nitrogens with one attached hydrogen (secondary N) is 2. The summed E-state index contributed by atoms with van der Waals surface area (Å²) in [5.74, 6) is 0.391. The van der Waals surface area contributed by atoms with E-state index >= 15 is 0 Å². The van der Waals surface area contributed by atoms with Crippen molar-refractivity contribution in [2.75, 3.05) is 32.5 Å². The van der Waals surface area contributed by atoms with E-state index in [0.717, 1.165) is 11.1 Å². The predicted octanol–water partition coefficient (Wildman–Crippen LogP) is 3.32. The van der Waals surface area contributed by atoms with Crippen LogP contribution in [-0.2, 0) is 15.3 Å². The lowest BCUT2D eigenvalue weighted by Crippen LogP contribution is -2.41. The zero-order valence-electron chi connectivity index (χ0n) is 18.6. The molecule has 172 valence electrons. The second kappa shape index (κ2) is 12.4. The molecule has 0 spiro atoms. The van der Waals surface area contributed by atoms with Gasteiger partial charge in [0.05, 0.1) is 17.3 Å². The van der Waals surface area contributed by atoms with E-state index in [0.29, 0.717) is 17.4 Å². The molecule has 8 heteroatoms. The molecule has 0 amide bonds. The van der Waals surface area contributed by atoms with Crippen molar-refractivity contribution in [3.63, 3.8) is 0 Å². The quantitative estimate of drug-likeness (QED) is 0.262. The third-order valence-electron chi connectivity index (χ3n) is 4.97. The van der Waals surface area contributed by atoms with Crippen LogP contribution in [0.25, 0.3) is 0 Å². The molecule has 0 bridgehead atoms. The van der Waals surface area contributed by atoms with Gasteiger partial charge in [0.15, 0.2) is 15.8 Å². The van der Waals surface area contributed by atoms with Crippen LogP contribution in [0.5, 0.6) is 0 Å². The van der Waals surface area contributed by atoms with Gasteiger partial charge in [-0.05, 0) is 28.7 Å². The fraction of sp³-hybridized carbons (Fsp3) is 0.435. The minimum absolute atomic E-state index is 0. The van der Waals surface area contributed by atoms with E-state index in [-0.39, 0.29) is 54.2 Å². The Bertz CT molecular complexity index is 925. The van der Waals surface area contributed by atoms with Crippen molar-refractivity contribution in [3.8, 4) is 0 Å². The average Bonchev–Trinajstić information content (AvgIpc) is 2.73. The Kier molecular flexibility index (Phi) is 11.0. The van der Waals surface area contributed by atoms with Gasteiger partial charge < -0.3 is 15.7 Å². The molecule has 2 rings (SSSR count). The molecule has 0 saturated carbocycles. The second-order valence-electron chi connectivity index (χ2n) is 8.26. The highest BCUT2D eigenvalue weighted by molar-refractivity contribution is 14.0. The van der Waals surface area contributed by atoms with Crippen LogP contribution in [0.4, 0.5) is 0 Å². The standard InChI is InChI=1S/C23H33N3O3S.HI/c1-23(2,3)20-10-12-21(13-11-20)30(28,29)15-14-25-22(24-4)26-16-19(17-27)18-8-6-5-7-9-18;/h5-13,19,27H,14-17H2,1-4H3,(H2,24,25,26);1H. The van der Waals surface area contributed by atoms with Crippen molar-refractivity contribution in [3.05, 3.63) is 65.7 Å². The monoisotopic (exact) mass is 559 g/mol. The summed E-state index contributed by atoms with van der Waals surface area (Å²) in [6, 6.07) is 16.8. The first kappa shape index (κ1) is 27.4. The van der Waals surface area contributed by atoms with Gasteiger partial charge in [-0.15, -0.1) is 24.0 Å². The van der Waals surface area contributed by atoms with E-state index in [4.69, 9.17) is 0 Å². The van der Waals surface area contributed by atoms with Crippen LogP contribution in [0.2, 0.25) is 0 Å². The number of aliphatic imine (C=N–C) groups is 1. The Morgan fingerprint density at radius 3 is 2.16 bits per heavy atom. The average molecular weight is 560 g/mol. The Balaban J connectivity index is 0.00000480. The highest BCUT2D eigenvalue weighted by atomic mass is 127. The first-order valence-electron chi connectivity index (χ1n) is 10.1. The van der Waals surface area contributed by atoms with Crippen LogP contribution in [0.3, 0.4) is 0 Å². The summed E-state index contributed by atoms with van der Waals surface area (Å²) in [5, 5.41) is 15.9. The number of hydrogen-bond donors (Lipinski definition) is 3. The molecule has 1 unspecified atom stereocenters.